The van der Waals surface area contributed by atoms with E-state index in [1.807, 2.05) is 64.1 Å². The smallest absolute Gasteiger partial charge is 0.399 e. The fraction of sp³-hybridized carbons (Fsp3) is 0.467. The molecule has 0 unspecified atom stereocenters. The number of hydrogen-bond donors (Lipinski definition) is 0. The fourth-order valence-corrected chi connectivity index (χ4v) is 2.11. The number of nitrogens with zero attached hydrogens (tertiary/aromatic N) is 3. The van der Waals surface area contributed by atoms with Crippen LogP contribution in [0.4, 0.5) is 0 Å². The van der Waals surface area contributed by atoms with Crippen molar-refractivity contribution in [2.45, 2.75) is 38.9 Å². The van der Waals surface area contributed by atoms with E-state index in [0.717, 1.165) is 11.0 Å². The van der Waals surface area contributed by atoms with Gasteiger partial charge in [-0.3, -0.25) is 0 Å². The molecule has 2 rings (SSSR count). The molecule has 1 aliphatic heterocycles. The van der Waals surface area contributed by atoms with E-state index in [9.17, 15) is 0 Å². The Kier molecular flexibility index (Phi) is 4.42. The van der Waals surface area contributed by atoms with E-state index in [0.29, 0.717) is 6.54 Å². The van der Waals surface area contributed by atoms with Gasteiger partial charge in [0.1, 0.15) is 0 Å². The van der Waals surface area contributed by atoms with Gasteiger partial charge in [-0.1, -0.05) is 41.5 Å². The van der Waals surface area contributed by atoms with Crippen molar-refractivity contribution in [3.63, 3.8) is 0 Å². The van der Waals surface area contributed by atoms with Crippen LogP contribution in [0.2, 0.25) is 0 Å². The fourth-order valence-electron chi connectivity index (χ4n) is 2.11. The minimum absolute atomic E-state index is 0.328. The quantitative estimate of drug-likeness (QED) is 0.368. The number of rotatable bonds is 4. The van der Waals surface area contributed by atoms with Crippen LogP contribution in [0.15, 0.2) is 35.5 Å². The highest BCUT2D eigenvalue weighted by Crippen LogP contribution is 2.36. The number of azide groups is 1. The van der Waals surface area contributed by atoms with E-state index >= 15 is 0 Å². The summed E-state index contributed by atoms with van der Waals surface area (Å²) in [6.07, 6.45) is 3.75. The van der Waals surface area contributed by atoms with E-state index in [1.165, 1.54) is 0 Å². The van der Waals surface area contributed by atoms with Crippen LogP contribution in [-0.4, -0.2) is 24.9 Å². The third kappa shape index (κ3) is 3.30. The highest BCUT2D eigenvalue weighted by Gasteiger charge is 2.52. The molecule has 110 valence electrons. The highest BCUT2D eigenvalue weighted by molar-refractivity contribution is 6.63. The predicted molar refractivity (Wildman–Crippen MR) is 85.2 cm³/mol. The average Bonchev–Trinajstić information content (AvgIpc) is 2.64. The van der Waals surface area contributed by atoms with Gasteiger partial charge in [0.25, 0.3) is 0 Å². The molecule has 21 heavy (non-hydrogen) atoms. The van der Waals surface area contributed by atoms with Gasteiger partial charge < -0.3 is 9.31 Å². The highest BCUT2D eigenvalue weighted by atomic mass is 16.7. The van der Waals surface area contributed by atoms with E-state index < -0.39 is 7.12 Å². The minimum atomic E-state index is -0.393. The second-order valence-corrected chi connectivity index (χ2v) is 6.03. The molecule has 1 aromatic rings. The Morgan fingerprint density at radius 2 is 1.81 bits per heavy atom. The molecule has 1 heterocycles. The van der Waals surface area contributed by atoms with E-state index in [2.05, 4.69) is 10.0 Å². The molecule has 0 N–H and O–H groups in total. The van der Waals surface area contributed by atoms with Crippen molar-refractivity contribution in [3.8, 4) is 0 Å². The first-order valence-electron chi connectivity index (χ1n) is 6.99. The first-order valence-corrected chi connectivity index (χ1v) is 6.99. The van der Waals surface area contributed by atoms with Gasteiger partial charge in [0.15, 0.2) is 0 Å². The van der Waals surface area contributed by atoms with Crippen LogP contribution < -0.4 is 5.46 Å². The van der Waals surface area contributed by atoms with Crippen LogP contribution in [0.1, 0.15) is 33.3 Å². The largest absolute Gasteiger partial charge is 0.495 e. The molecule has 0 amide bonds. The molecule has 0 radical (unpaired) electrons. The van der Waals surface area contributed by atoms with Gasteiger partial charge >= 0.3 is 7.12 Å². The summed E-state index contributed by atoms with van der Waals surface area (Å²) in [6, 6.07) is 7.91. The molecule has 1 saturated heterocycles. The SMILES string of the molecule is CC1(C)OB(c2ccccc2C=CCN=[N+]=[N-])OC1(C)C. The van der Waals surface area contributed by atoms with Gasteiger partial charge in [-0.2, -0.15) is 0 Å². The van der Waals surface area contributed by atoms with Crippen molar-refractivity contribution >= 4 is 18.7 Å². The molecule has 0 aliphatic carbocycles. The molecular formula is C15H20BN3O2. The zero-order chi connectivity index (χ0) is 15.5. The second-order valence-electron chi connectivity index (χ2n) is 6.03. The molecule has 0 aromatic heterocycles. The van der Waals surface area contributed by atoms with Gasteiger partial charge in [0, 0.05) is 11.5 Å². The van der Waals surface area contributed by atoms with Crippen molar-refractivity contribution in [2.24, 2.45) is 5.11 Å². The molecule has 5 nitrogen and oxygen atoms in total. The number of hydrogen-bond acceptors (Lipinski definition) is 3. The van der Waals surface area contributed by atoms with Gasteiger partial charge in [-0.25, -0.2) is 0 Å². The van der Waals surface area contributed by atoms with E-state index in [1.54, 1.807) is 0 Å². The third-order valence-corrected chi connectivity index (χ3v) is 4.05. The van der Waals surface area contributed by atoms with Crippen LogP contribution in [-0.2, 0) is 9.31 Å². The molecule has 0 bridgehead atoms. The van der Waals surface area contributed by atoms with Gasteiger partial charge in [-0.15, -0.1) is 0 Å². The lowest BCUT2D eigenvalue weighted by Crippen LogP contribution is -2.41. The zero-order valence-corrected chi connectivity index (χ0v) is 12.9. The summed E-state index contributed by atoms with van der Waals surface area (Å²) in [4.78, 5) is 2.73. The maximum absolute atomic E-state index is 8.29. The van der Waals surface area contributed by atoms with Crippen molar-refractivity contribution in [3.05, 3.63) is 46.3 Å². The van der Waals surface area contributed by atoms with Gasteiger partial charge in [-0.05, 0) is 44.3 Å². The Morgan fingerprint density at radius 3 is 2.43 bits per heavy atom. The summed E-state index contributed by atoms with van der Waals surface area (Å²) in [6.45, 7) is 8.47. The minimum Gasteiger partial charge on any atom is -0.399 e. The van der Waals surface area contributed by atoms with E-state index in [4.69, 9.17) is 14.8 Å². The topological polar surface area (TPSA) is 67.2 Å². The first-order chi connectivity index (χ1) is 9.87. The zero-order valence-electron chi connectivity index (χ0n) is 12.9. The summed E-state index contributed by atoms with van der Waals surface area (Å²) in [5.74, 6) is 0. The first kappa shape index (κ1) is 15.6. The summed E-state index contributed by atoms with van der Waals surface area (Å²) in [7, 11) is -0.393. The standard InChI is InChI=1S/C15H20BN3O2/c1-14(2)15(3,4)21-16(20-14)13-10-6-5-8-12(13)9-7-11-18-19-17/h5-10H,11H2,1-4H3. The van der Waals surface area contributed by atoms with Crippen LogP contribution in [0, 0.1) is 0 Å². The van der Waals surface area contributed by atoms with Crippen molar-refractivity contribution in [1.82, 2.24) is 0 Å². The molecule has 1 aliphatic rings. The van der Waals surface area contributed by atoms with E-state index in [-0.39, 0.29) is 11.2 Å². The van der Waals surface area contributed by atoms with Gasteiger partial charge in [0.05, 0.1) is 11.2 Å². The van der Waals surface area contributed by atoms with Crippen molar-refractivity contribution in [1.29, 1.82) is 0 Å². The molecule has 0 saturated carbocycles. The molecule has 1 fully saturated rings. The van der Waals surface area contributed by atoms with Crippen LogP contribution in [0.25, 0.3) is 16.5 Å². The Labute approximate surface area is 125 Å². The summed E-state index contributed by atoms with van der Waals surface area (Å²) in [5.41, 5.74) is 9.55. The second kappa shape index (κ2) is 5.94. The molecule has 6 heteroatoms. The Hall–Kier alpha value is -1.75. The van der Waals surface area contributed by atoms with Gasteiger partial charge in [0.2, 0.25) is 0 Å². The van der Waals surface area contributed by atoms with Crippen molar-refractivity contribution in [2.75, 3.05) is 6.54 Å². The normalized spacial score (nSPS) is 19.7. The van der Waals surface area contributed by atoms with Crippen LogP contribution >= 0.6 is 0 Å². The number of benzene rings is 1. The molecule has 1 aromatic carbocycles. The monoisotopic (exact) mass is 285 g/mol. The lowest BCUT2D eigenvalue weighted by atomic mass is 9.76. The Bertz CT molecular complexity index is 576. The molecule has 0 spiro atoms. The lowest BCUT2D eigenvalue weighted by molar-refractivity contribution is 0.00578. The summed E-state index contributed by atoms with van der Waals surface area (Å²) in [5, 5.41) is 3.49. The summed E-state index contributed by atoms with van der Waals surface area (Å²) >= 11 is 0. The maximum Gasteiger partial charge on any atom is 0.495 e. The third-order valence-electron chi connectivity index (χ3n) is 4.05. The average molecular weight is 285 g/mol. The Morgan fingerprint density at radius 1 is 1.19 bits per heavy atom. The maximum atomic E-state index is 8.29. The van der Waals surface area contributed by atoms with Crippen molar-refractivity contribution < 1.29 is 9.31 Å². The predicted octanol–water partition coefficient (Wildman–Crippen LogP) is 3.31. The van der Waals surface area contributed by atoms with Crippen LogP contribution in [0.3, 0.4) is 0 Å². The lowest BCUT2D eigenvalue weighted by Gasteiger charge is -2.32. The molecule has 0 atom stereocenters. The Balaban J connectivity index is 2.25. The van der Waals surface area contributed by atoms with Crippen LogP contribution in [0.5, 0.6) is 0 Å². The summed E-state index contributed by atoms with van der Waals surface area (Å²) < 4.78 is 12.2. The molecular weight excluding hydrogens is 265 g/mol.